The van der Waals surface area contributed by atoms with E-state index in [1.807, 2.05) is 13.8 Å². The largest absolute Gasteiger partial charge is 0.241 e. The van der Waals surface area contributed by atoms with Gasteiger partial charge in [-0.05, 0) is 46.5 Å². The SMILES string of the molecule is CC(C)CCNS(=O)(=O)c1ccc(F)cc1Br. The van der Waals surface area contributed by atoms with Gasteiger partial charge in [0, 0.05) is 11.0 Å². The molecule has 17 heavy (non-hydrogen) atoms. The second kappa shape index (κ2) is 5.93. The van der Waals surface area contributed by atoms with Crippen LogP contribution in [0.2, 0.25) is 0 Å². The zero-order valence-corrected chi connectivity index (χ0v) is 12.1. The Hall–Kier alpha value is -0.460. The van der Waals surface area contributed by atoms with E-state index in [4.69, 9.17) is 0 Å². The molecule has 0 amide bonds. The minimum Gasteiger partial charge on any atom is -0.211 e. The van der Waals surface area contributed by atoms with Gasteiger partial charge in [-0.2, -0.15) is 0 Å². The van der Waals surface area contributed by atoms with Gasteiger partial charge in [-0.3, -0.25) is 0 Å². The summed E-state index contributed by atoms with van der Waals surface area (Å²) in [6.07, 6.45) is 0.762. The van der Waals surface area contributed by atoms with Crippen molar-refractivity contribution in [2.45, 2.75) is 25.2 Å². The third kappa shape index (κ3) is 4.37. The van der Waals surface area contributed by atoms with E-state index in [1.165, 1.54) is 6.07 Å². The van der Waals surface area contributed by atoms with Crippen LogP contribution in [0.1, 0.15) is 20.3 Å². The number of nitrogens with one attached hydrogen (secondary N) is 1. The van der Waals surface area contributed by atoms with Gasteiger partial charge in [-0.15, -0.1) is 0 Å². The normalized spacial score (nSPS) is 12.1. The molecule has 0 aliphatic carbocycles. The maximum Gasteiger partial charge on any atom is 0.241 e. The van der Waals surface area contributed by atoms with Crippen molar-refractivity contribution in [3.05, 3.63) is 28.5 Å². The molecule has 0 saturated heterocycles. The maximum atomic E-state index is 12.8. The van der Waals surface area contributed by atoms with Gasteiger partial charge in [-0.25, -0.2) is 17.5 Å². The predicted octanol–water partition coefficient (Wildman–Crippen LogP) is 2.91. The highest BCUT2D eigenvalue weighted by Gasteiger charge is 2.17. The molecule has 0 unspecified atom stereocenters. The lowest BCUT2D eigenvalue weighted by atomic mass is 10.1. The average molecular weight is 324 g/mol. The summed E-state index contributed by atoms with van der Waals surface area (Å²) in [5.41, 5.74) is 0. The van der Waals surface area contributed by atoms with Gasteiger partial charge in [0.05, 0.1) is 4.90 Å². The molecule has 0 bridgehead atoms. The van der Waals surface area contributed by atoms with Gasteiger partial charge in [0.15, 0.2) is 0 Å². The zero-order valence-electron chi connectivity index (χ0n) is 9.70. The lowest BCUT2D eigenvalue weighted by Gasteiger charge is -2.09. The molecule has 0 aliphatic heterocycles. The smallest absolute Gasteiger partial charge is 0.211 e. The van der Waals surface area contributed by atoms with E-state index < -0.39 is 15.8 Å². The second-order valence-corrected chi connectivity index (χ2v) is 6.74. The molecule has 1 N–H and O–H groups in total. The Balaban J connectivity index is 2.83. The lowest BCUT2D eigenvalue weighted by Crippen LogP contribution is -2.26. The van der Waals surface area contributed by atoms with Crippen molar-refractivity contribution in [3.63, 3.8) is 0 Å². The topological polar surface area (TPSA) is 46.2 Å². The number of rotatable bonds is 5. The van der Waals surface area contributed by atoms with E-state index in [0.29, 0.717) is 12.5 Å². The highest BCUT2D eigenvalue weighted by Crippen LogP contribution is 2.22. The Morgan fingerprint density at radius 1 is 1.41 bits per heavy atom. The van der Waals surface area contributed by atoms with Crippen molar-refractivity contribution >= 4 is 26.0 Å². The van der Waals surface area contributed by atoms with Crippen LogP contribution in [-0.4, -0.2) is 15.0 Å². The highest BCUT2D eigenvalue weighted by molar-refractivity contribution is 9.10. The van der Waals surface area contributed by atoms with Crippen molar-refractivity contribution in [2.24, 2.45) is 5.92 Å². The summed E-state index contributed by atoms with van der Waals surface area (Å²) in [6, 6.07) is 3.51. The zero-order chi connectivity index (χ0) is 13.1. The van der Waals surface area contributed by atoms with E-state index in [9.17, 15) is 12.8 Å². The number of halogens is 2. The Morgan fingerprint density at radius 3 is 2.59 bits per heavy atom. The fraction of sp³-hybridized carbons (Fsp3) is 0.455. The molecule has 1 aromatic rings. The molecule has 1 rings (SSSR count). The Kier molecular flexibility index (Phi) is 5.09. The first kappa shape index (κ1) is 14.6. The summed E-state index contributed by atoms with van der Waals surface area (Å²) in [5, 5.41) is 0. The fourth-order valence-corrected chi connectivity index (χ4v) is 3.35. The quantitative estimate of drug-likeness (QED) is 0.905. The Bertz CT molecular complexity index is 488. The standard InChI is InChI=1S/C11H15BrFNO2S/c1-8(2)5-6-14-17(15,16)11-4-3-9(13)7-10(11)12/h3-4,7-8,14H,5-6H2,1-2H3. The van der Waals surface area contributed by atoms with E-state index in [-0.39, 0.29) is 9.37 Å². The number of benzene rings is 1. The van der Waals surface area contributed by atoms with Crippen LogP contribution in [0.15, 0.2) is 27.6 Å². The minimum absolute atomic E-state index is 0.0580. The van der Waals surface area contributed by atoms with Crippen LogP contribution in [-0.2, 0) is 10.0 Å². The molecule has 6 heteroatoms. The molecular formula is C11H15BrFNO2S. The third-order valence-electron chi connectivity index (χ3n) is 2.20. The first-order valence-electron chi connectivity index (χ1n) is 5.27. The van der Waals surface area contributed by atoms with Crippen LogP contribution in [0.4, 0.5) is 4.39 Å². The summed E-state index contributed by atoms with van der Waals surface area (Å²) in [7, 11) is -3.57. The molecule has 0 heterocycles. The van der Waals surface area contributed by atoms with Crippen LogP contribution >= 0.6 is 15.9 Å². The van der Waals surface area contributed by atoms with E-state index in [2.05, 4.69) is 20.7 Å². The summed E-state index contributed by atoms with van der Waals surface area (Å²) in [5.74, 6) is -0.0487. The predicted molar refractivity (Wildman–Crippen MR) is 68.7 cm³/mol. The Morgan fingerprint density at radius 2 is 2.06 bits per heavy atom. The molecule has 0 saturated carbocycles. The second-order valence-electron chi connectivity index (χ2n) is 4.16. The lowest BCUT2D eigenvalue weighted by molar-refractivity contribution is 0.551. The molecule has 0 aliphatic rings. The van der Waals surface area contributed by atoms with Crippen molar-refractivity contribution in [3.8, 4) is 0 Å². The molecule has 0 atom stereocenters. The van der Waals surface area contributed by atoms with E-state index >= 15 is 0 Å². The van der Waals surface area contributed by atoms with E-state index in [1.54, 1.807) is 0 Å². The van der Waals surface area contributed by atoms with Crippen LogP contribution < -0.4 is 4.72 Å². The van der Waals surface area contributed by atoms with Crippen LogP contribution in [0.5, 0.6) is 0 Å². The molecule has 3 nitrogen and oxygen atoms in total. The van der Waals surface area contributed by atoms with Crippen LogP contribution in [0.3, 0.4) is 0 Å². The van der Waals surface area contributed by atoms with E-state index in [0.717, 1.165) is 18.6 Å². The summed E-state index contributed by atoms with van der Waals surface area (Å²) in [6.45, 7) is 4.41. The molecular weight excluding hydrogens is 309 g/mol. The van der Waals surface area contributed by atoms with Gasteiger partial charge in [0.25, 0.3) is 0 Å². The van der Waals surface area contributed by atoms with Gasteiger partial charge in [0.1, 0.15) is 5.82 Å². The molecule has 0 radical (unpaired) electrons. The molecule has 96 valence electrons. The van der Waals surface area contributed by atoms with Crippen molar-refractivity contribution < 1.29 is 12.8 Å². The van der Waals surface area contributed by atoms with Crippen molar-refractivity contribution in [2.75, 3.05) is 6.54 Å². The fourth-order valence-electron chi connectivity index (χ4n) is 1.25. The van der Waals surface area contributed by atoms with Gasteiger partial charge in [-0.1, -0.05) is 13.8 Å². The third-order valence-corrected chi connectivity index (χ3v) is 4.63. The first-order chi connectivity index (χ1) is 7.83. The highest BCUT2D eigenvalue weighted by atomic mass is 79.9. The molecule has 0 aromatic heterocycles. The molecule has 0 fully saturated rings. The van der Waals surface area contributed by atoms with Crippen LogP contribution in [0, 0.1) is 11.7 Å². The molecule has 1 aromatic carbocycles. The number of hydrogen-bond acceptors (Lipinski definition) is 2. The molecule has 0 spiro atoms. The van der Waals surface area contributed by atoms with Crippen molar-refractivity contribution in [1.82, 2.24) is 4.72 Å². The summed E-state index contributed by atoms with van der Waals surface area (Å²) in [4.78, 5) is 0.0580. The number of hydrogen-bond donors (Lipinski definition) is 1. The number of sulfonamides is 1. The Labute approximate surface area is 110 Å². The average Bonchev–Trinajstić information content (AvgIpc) is 2.15. The van der Waals surface area contributed by atoms with Crippen molar-refractivity contribution in [1.29, 1.82) is 0 Å². The van der Waals surface area contributed by atoms with Gasteiger partial charge >= 0.3 is 0 Å². The summed E-state index contributed by atoms with van der Waals surface area (Å²) < 4.78 is 39.3. The first-order valence-corrected chi connectivity index (χ1v) is 7.55. The van der Waals surface area contributed by atoms with Crippen LogP contribution in [0.25, 0.3) is 0 Å². The van der Waals surface area contributed by atoms with Gasteiger partial charge < -0.3 is 0 Å². The monoisotopic (exact) mass is 323 g/mol. The van der Waals surface area contributed by atoms with Gasteiger partial charge in [0.2, 0.25) is 10.0 Å². The summed E-state index contributed by atoms with van der Waals surface area (Å²) >= 11 is 3.04. The maximum absolute atomic E-state index is 12.8. The minimum atomic E-state index is -3.57.